The van der Waals surface area contributed by atoms with Crippen molar-refractivity contribution in [1.82, 2.24) is 19.7 Å². The topological polar surface area (TPSA) is 156 Å². The maximum atomic E-state index is 14.3. The molecule has 3 N–H and O–H groups in total. The van der Waals surface area contributed by atoms with Gasteiger partial charge in [0.05, 0.1) is 28.0 Å². The van der Waals surface area contributed by atoms with Crippen molar-refractivity contribution in [1.29, 1.82) is 0 Å². The first-order valence-corrected chi connectivity index (χ1v) is 12.5. The van der Waals surface area contributed by atoms with Crippen molar-refractivity contribution in [2.45, 2.75) is 37.2 Å². The van der Waals surface area contributed by atoms with E-state index in [1.807, 2.05) is 0 Å². The van der Waals surface area contributed by atoms with Gasteiger partial charge in [0.25, 0.3) is 12.9 Å². The predicted octanol–water partition coefficient (Wildman–Crippen LogP) is 3.82. The van der Waals surface area contributed by atoms with Gasteiger partial charge in [-0.15, -0.1) is 11.3 Å². The van der Waals surface area contributed by atoms with E-state index in [4.69, 9.17) is 19.6 Å². The minimum Gasteiger partial charge on any atom is -0.457 e. The molecule has 38 heavy (non-hydrogen) atoms. The largest absolute Gasteiger partial charge is 0.457 e. The number of benzene rings is 1. The first-order chi connectivity index (χ1) is 18.4. The fraction of sp³-hybridized carbons (Fsp3) is 0.240. The number of fused-ring (bicyclic) bond motifs is 2. The van der Waals surface area contributed by atoms with Gasteiger partial charge in [0.1, 0.15) is 11.6 Å². The molecule has 1 aliphatic rings. The number of hydrogen-bond acceptors (Lipinski definition) is 11. The SMILES string of the molecule is Nc1ncc(-c2cnn(C3CCC(O)(OC=O)C(OC=O)C3)c2)c2cc(-c3cc(F)cc4ncsc34)oc12. The number of ether oxygens (including phenoxy) is 2. The summed E-state index contributed by atoms with van der Waals surface area (Å²) < 4.78 is 32.7. The molecule has 0 bridgehead atoms. The van der Waals surface area contributed by atoms with E-state index >= 15 is 0 Å². The Labute approximate surface area is 217 Å². The Morgan fingerprint density at radius 1 is 1.21 bits per heavy atom. The highest BCUT2D eigenvalue weighted by atomic mass is 32.1. The molecule has 0 aliphatic heterocycles. The van der Waals surface area contributed by atoms with Crippen LogP contribution >= 0.6 is 11.3 Å². The number of aliphatic hydroxyl groups is 1. The molecule has 0 saturated heterocycles. The average Bonchev–Trinajstić information content (AvgIpc) is 3.65. The summed E-state index contributed by atoms with van der Waals surface area (Å²) in [6.45, 7) is 0.350. The average molecular weight is 538 g/mol. The fourth-order valence-corrected chi connectivity index (χ4v) is 5.76. The summed E-state index contributed by atoms with van der Waals surface area (Å²) in [6.07, 6.45) is 4.68. The summed E-state index contributed by atoms with van der Waals surface area (Å²) in [5.74, 6) is -1.70. The van der Waals surface area contributed by atoms with Crippen LogP contribution in [-0.4, -0.2) is 49.7 Å². The van der Waals surface area contributed by atoms with E-state index in [1.165, 1.54) is 23.5 Å². The van der Waals surface area contributed by atoms with Gasteiger partial charge < -0.3 is 24.7 Å². The fourth-order valence-electron chi connectivity index (χ4n) is 4.97. The van der Waals surface area contributed by atoms with Crippen molar-refractivity contribution < 1.29 is 33.0 Å². The van der Waals surface area contributed by atoms with Gasteiger partial charge in [0.2, 0.25) is 5.79 Å². The number of nitrogen functional groups attached to an aromatic ring is 1. The van der Waals surface area contributed by atoms with Crippen molar-refractivity contribution >= 4 is 51.3 Å². The van der Waals surface area contributed by atoms with Gasteiger partial charge in [0, 0.05) is 53.4 Å². The lowest BCUT2D eigenvalue weighted by molar-refractivity contribution is -0.258. The standard InChI is InChI=1S/C25H20FN5O6S/c26-14-3-17(23-19(4-14)29-10-38-23)20-6-16-18(8-28-24(27)22(16)37-20)13-7-30-31(9-13)15-1-2-25(34,36-12-33)21(5-15)35-11-32/h3-4,6-12,15,21,34H,1-2,5H2,(H2,27,28). The van der Waals surface area contributed by atoms with Crippen molar-refractivity contribution in [3.8, 4) is 22.5 Å². The van der Waals surface area contributed by atoms with Crippen molar-refractivity contribution in [3.05, 3.63) is 48.1 Å². The molecule has 6 rings (SSSR count). The third-order valence-corrected chi connectivity index (χ3v) is 7.71. The van der Waals surface area contributed by atoms with Gasteiger partial charge in [-0.25, -0.2) is 14.4 Å². The van der Waals surface area contributed by atoms with Crippen molar-refractivity contribution in [3.63, 3.8) is 0 Å². The third-order valence-electron chi connectivity index (χ3n) is 6.83. The maximum absolute atomic E-state index is 14.3. The van der Waals surface area contributed by atoms with Crippen LogP contribution in [0.1, 0.15) is 25.3 Å². The van der Waals surface area contributed by atoms with Crippen LogP contribution in [0.15, 0.2) is 46.7 Å². The quantitative estimate of drug-likeness (QED) is 0.231. The van der Waals surface area contributed by atoms with Gasteiger partial charge in [0.15, 0.2) is 17.5 Å². The number of rotatable bonds is 7. The molecule has 0 amide bonds. The number of nitrogens with zero attached hydrogens (tertiary/aromatic N) is 4. The number of carbonyl (C=O) groups excluding carboxylic acids is 2. The Bertz CT molecular complexity index is 1680. The summed E-state index contributed by atoms with van der Waals surface area (Å²) in [4.78, 5) is 30.3. The molecule has 3 atom stereocenters. The lowest BCUT2D eigenvalue weighted by Crippen LogP contribution is -2.50. The molecule has 3 unspecified atom stereocenters. The van der Waals surface area contributed by atoms with Crippen molar-refractivity contribution in [2.24, 2.45) is 0 Å². The number of furan rings is 1. The molecule has 13 heteroatoms. The minimum atomic E-state index is -1.89. The molecule has 194 valence electrons. The second-order valence-electron chi connectivity index (χ2n) is 8.98. The van der Waals surface area contributed by atoms with E-state index in [0.29, 0.717) is 39.8 Å². The highest BCUT2D eigenvalue weighted by molar-refractivity contribution is 7.17. The highest BCUT2D eigenvalue weighted by Crippen LogP contribution is 2.41. The monoisotopic (exact) mass is 537 g/mol. The normalized spacial score (nSPS) is 21.5. The van der Waals surface area contributed by atoms with E-state index < -0.39 is 17.7 Å². The Kier molecular flexibility index (Phi) is 5.80. The van der Waals surface area contributed by atoms with E-state index in [2.05, 4.69) is 15.1 Å². The Balaban J connectivity index is 1.36. The van der Waals surface area contributed by atoms with Gasteiger partial charge in [-0.05, 0) is 18.6 Å². The predicted molar refractivity (Wildman–Crippen MR) is 134 cm³/mol. The van der Waals surface area contributed by atoms with Crippen LogP contribution in [0, 0.1) is 5.82 Å². The van der Waals surface area contributed by atoms with Crippen LogP contribution < -0.4 is 5.73 Å². The number of thiazole rings is 1. The van der Waals surface area contributed by atoms with Crippen LogP contribution in [-0.2, 0) is 19.1 Å². The summed E-state index contributed by atoms with van der Waals surface area (Å²) in [5, 5.41) is 15.7. The summed E-state index contributed by atoms with van der Waals surface area (Å²) in [5.41, 5.74) is 10.6. The Morgan fingerprint density at radius 3 is 2.89 bits per heavy atom. The van der Waals surface area contributed by atoms with E-state index in [9.17, 15) is 19.1 Å². The second kappa shape index (κ2) is 9.19. The summed E-state index contributed by atoms with van der Waals surface area (Å²) in [7, 11) is 0. The molecule has 11 nitrogen and oxygen atoms in total. The molecular weight excluding hydrogens is 517 g/mol. The number of anilines is 1. The van der Waals surface area contributed by atoms with Crippen LogP contribution in [0.25, 0.3) is 43.6 Å². The van der Waals surface area contributed by atoms with E-state index in [0.717, 1.165) is 10.3 Å². The molecule has 5 aromatic rings. The van der Waals surface area contributed by atoms with Crippen LogP contribution in [0.5, 0.6) is 0 Å². The smallest absolute Gasteiger partial charge is 0.295 e. The number of hydrogen-bond donors (Lipinski definition) is 2. The molecule has 1 aromatic carbocycles. The minimum absolute atomic E-state index is 0.0581. The molecule has 4 aromatic heterocycles. The van der Waals surface area contributed by atoms with E-state index in [1.54, 1.807) is 34.8 Å². The summed E-state index contributed by atoms with van der Waals surface area (Å²) >= 11 is 1.38. The Morgan fingerprint density at radius 2 is 2.08 bits per heavy atom. The molecule has 1 fully saturated rings. The zero-order valence-electron chi connectivity index (χ0n) is 19.6. The molecule has 1 aliphatic carbocycles. The number of halogens is 1. The van der Waals surface area contributed by atoms with Crippen LogP contribution in [0.2, 0.25) is 0 Å². The zero-order valence-corrected chi connectivity index (χ0v) is 20.4. The number of pyridine rings is 1. The molecule has 1 saturated carbocycles. The number of aromatic nitrogens is 4. The van der Waals surface area contributed by atoms with Crippen LogP contribution in [0.4, 0.5) is 10.2 Å². The molecule has 0 radical (unpaired) electrons. The first kappa shape index (κ1) is 24.0. The zero-order chi connectivity index (χ0) is 26.4. The van der Waals surface area contributed by atoms with E-state index in [-0.39, 0.29) is 37.6 Å². The number of carbonyl (C=O) groups is 2. The van der Waals surface area contributed by atoms with Gasteiger partial charge in [-0.2, -0.15) is 5.10 Å². The highest BCUT2D eigenvalue weighted by Gasteiger charge is 2.46. The lowest BCUT2D eigenvalue weighted by Gasteiger charge is -2.39. The van der Waals surface area contributed by atoms with Gasteiger partial charge in [-0.1, -0.05) is 0 Å². The third kappa shape index (κ3) is 3.96. The molecule has 0 spiro atoms. The molecular formula is C25H20FN5O6S. The maximum Gasteiger partial charge on any atom is 0.295 e. The van der Waals surface area contributed by atoms with Crippen LogP contribution in [0.3, 0.4) is 0 Å². The summed E-state index contributed by atoms with van der Waals surface area (Å²) in [6, 6.07) is 4.32. The van der Waals surface area contributed by atoms with Gasteiger partial charge >= 0.3 is 0 Å². The Hall–Kier alpha value is -4.36. The lowest BCUT2D eigenvalue weighted by atomic mass is 9.87. The first-order valence-electron chi connectivity index (χ1n) is 11.6. The molecule has 4 heterocycles. The van der Waals surface area contributed by atoms with Gasteiger partial charge in [-0.3, -0.25) is 14.3 Å². The van der Waals surface area contributed by atoms with Crippen molar-refractivity contribution in [2.75, 3.05) is 5.73 Å². The number of nitrogens with two attached hydrogens (primary N) is 1. The second-order valence-corrected chi connectivity index (χ2v) is 9.84.